The molecule has 1 N–H and O–H groups in total. The van der Waals surface area contributed by atoms with E-state index in [2.05, 4.69) is 26.2 Å². The molecule has 8 heteroatoms. The molecule has 0 spiro atoms. The van der Waals surface area contributed by atoms with Crippen LogP contribution in [0.15, 0.2) is 56.9 Å². The highest BCUT2D eigenvalue weighted by molar-refractivity contribution is 9.10. The number of para-hydroxylation sites is 1. The lowest BCUT2D eigenvalue weighted by Crippen LogP contribution is -2.23. The number of fused-ring (bicyclic) bond motifs is 1. The Morgan fingerprint density at radius 2 is 2.08 bits per heavy atom. The Bertz CT molecular complexity index is 1040. The Labute approximate surface area is 161 Å². The van der Waals surface area contributed by atoms with Gasteiger partial charge in [-0.1, -0.05) is 39.8 Å². The summed E-state index contributed by atoms with van der Waals surface area (Å²) in [5.41, 5.74) is 0.540. The smallest absolute Gasteiger partial charge is 0.262 e. The standard InChI is InChI=1S/C18H15BrFN3O2S/c1-2-23-17(25)12-9-11(19)7-8-14(12)22-18(23)26-10-16(24)21-15-6-4-3-5-13(15)20/h3-9H,2,10H2,1H3,(H,21,24). The van der Waals surface area contributed by atoms with Crippen molar-refractivity contribution in [3.05, 3.63) is 63.1 Å². The molecule has 1 heterocycles. The van der Waals surface area contributed by atoms with Crippen LogP contribution in [0.3, 0.4) is 0 Å². The number of amides is 1. The first-order valence-corrected chi connectivity index (χ1v) is 9.64. The third kappa shape index (κ3) is 3.96. The topological polar surface area (TPSA) is 64.0 Å². The number of hydrogen-bond acceptors (Lipinski definition) is 4. The summed E-state index contributed by atoms with van der Waals surface area (Å²) in [5.74, 6) is -0.846. The van der Waals surface area contributed by atoms with Crippen LogP contribution in [-0.2, 0) is 11.3 Å². The molecule has 2 aromatic carbocycles. The van der Waals surface area contributed by atoms with Gasteiger partial charge in [0.2, 0.25) is 5.91 Å². The zero-order valence-electron chi connectivity index (χ0n) is 13.8. The lowest BCUT2D eigenvalue weighted by atomic mass is 10.2. The summed E-state index contributed by atoms with van der Waals surface area (Å²) in [6, 6.07) is 11.3. The maximum absolute atomic E-state index is 13.6. The van der Waals surface area contributed by atoms with Gasteiger partial charge in [-0.2, -0.15) is 0 Å². The van der Waals surface area contributed by atoms with Crippen LogP contribution in [0.2, 0.25) is 0 Å². The van der Waals surface area contributed by atoms with Gasteiger partial charge in [-0.15, -0.1) is 0 Å². The van der Waals surface area contributed by atoms with Crippen LogP contribution in [0, 0.1) is 5.82 Å². The van der Waals surface area contributed by atoms with Crippen LogP contribution in [0.4, 0.5) is 10.1 Å². The molecule has 0 radical (unpaired) electrons. The number of halogens is 2. The van der Waals surface area contributed by atoms with E-state index in [1.807, 2.05) is 13.0 Å². The monoisotopic (exact) mass is 435 g/mol. The third-order valence-corrected chi connectivity index (χ3v) is 5.15. The van der Waals surface area contributed by atoms with E-state index in [4.69, 9.17) is 0 Å². The minimum absolute atomic E-state index is 0.0167. The fourth-order valence-corrected chi connectivity index (χ4v) is 3.66. The summed E-state index contributed by atoms with van der Waals surface area (Å²) >= 11 is 4.50. The zero-order chi connectivity index (χ0) is 18.7. The summed E-state index contributed by atoms with van der Waals surface area (Å²) in [7, 11) is 0. The Balaban J connectivity index is 1.82. The van der Waals surface area contributed by atoms with Crippen LogP contribution in [0.5, 0.6) is 0 Å². The molecule has 134 valence electrons. The van der Waals surface area contributed by atoms with Crippen molar-refractivity contribution in [1.82, 2.24) is 9.55 Å². The van der Waals surface area contributed by atoms with Gasteiger partial charge in [0.1, 0.15) is 5.82 Å². The van der Waals surface area contributed by atoms with Crippen molar-refractivity contribution in [2.75, 3.05) is 11.1 Å². The van der Waals surface area contributed by atoms with E-state index in [-0.39, 0.29) is 22.9 Å². The van der Waals surface area contributed by atoms with Gasteiger partial charge < -0.3 is 5.32 Å². The number of aromatic nitrogens is 2. The first-order chi connectivity index (χ1) is 12.5. The second-order valence-corrected chi connectivity index (χ2v) is 7.28. The lowest BCUT2D eigenvalue weighted by Gasteiger charge is -2.11. The number of nitrogens with one attached hydrogen (secondary N) is 1. The molecule has 5 nitrogen and oxygen atoms in total. The normalized spacial score (nSPS) is 10.9. The van der Waals surface area contributed by atoms with E-state index in [1.54, 1.807) is 24.3 Å². The Kier molecular flexibility index (Phi) is 5.73. The maximum atomic E-state index is 13.6. The van der Waals surface area contributed by atoms with Gasteiger partial charge in [0, 0.05) is 11.0 Å². The molecular formula is C18H15BrFN3O2S. The predicted octanol–water partition coefficient (Wildman–Crippen LogP) is 4.05. The number of carbonyl (C=O) groups excluding carboxylic acids is 1. The number of nitrogens with zero attached hydrogens (tertiary/aromatic N) is 2. The highest BCUT2D eigenvalue weighted by Gasteiger charge is 2.13. The van der Waals surface area contributed by atoms with E-state index in [9.17, 15) is 14.0 Å². The van der Waals surface area contributed by atoms with Crippen LogP contribution in [0.1, 0.15) is 6.92 Å². The second-order valence-electron chi connectivity index (χ2n) is 5.42. The number of carbonyl (C=O) groups is 1. The van der Waals surface area contributed by atoms with Gasteiger partial charge in [-0.05, 0) is 37.3 Å². The molecule has 0 atom stereocenters. The summed E-state index contributed by atoms with van der Waals surface area (Å²) in [6.45, 7) is 2.28. The molecule has 0 aliphatic carbocycles. The average molecular weight is 436 g/mol. The highest BCUT2D eigenvalue weighted by Crippen LogP contribution is 2.21. The summed E-state index contributed by atoms with van der Waals surface area (Å²) in [4.78, 5) is 29.3. The number of anilines is 1. The van der Waals surface area contributed by atoms with E-state index in [0.717, 1.165) is 16.2 Å². The summed E-state index contributed by atoms with van der Waals surface area (Å²) < 4.78 is 15.9. The van der Waals surface area contributed by atoms with E-state index >= 15 is 0 Å². The van der Waals surface area contributed by atoms with E-state index < -0.39 is 5.82 Å². The summed E-state index contributed by atoms with van der Waals surface area (Å²) in [6.07, 6.45) is 0. The van der Waals surface area contributed by atoms with Gasteiger partial charge >= 0.3 is 0 Å². The van der Waals surface area contributed by atoms with Gasteiger partial charge in [-0.3, -0.25) is 14.2 Å². The van der Waals surface area contributed by atoms with Crippen molar-refractivity contribution < 1.29 is 9.18 Å². The van der Waals surface area contributed by atoms with Gasteiger partial charge in [0.25, 0.3) is 5.56 Å². The molecule has 1 aromatic heterocycles. The van der Waals surface area contributed by atoms with Crippen LogP contribution < -0.4 is 10.9 Å². The fraction of sp³-hybridized carbons (Fsp3) is 0.167. The molecule has 3 rings (SSSR count). The highest BCUT2D eigenvalue weighted by atomic mass is 79.9. The Hall–Kier alpha value is -2.19. The fourth-order valence-electron chi connectivity index (χ4n) is 2.44. The van der Waals surface area contributed by atoms with Crippen molar-refractivity contribution in [3.8, 4) is 0 Å². The number of hydrogen-bond donors (Lipinski definition) is 1. The lowest BCUT2D eigenvalue weighted by molar-refractivity contribution is -0.113. The van der Waals surface area contributed by atoms with E-state index in [0.29, 0.717) is 22.6 Å². The average Bonchev–Trinajstić information content (AvgIpc) is 2.62. The molecule has 0 aliphatic rings. The molecule has 0 saturated heterocycles. The maximum Gasteiger partial charge on any atom is 0.262 e. The molecule has 26 heavy (non-hydrogen) atoms. The van der Waals surface area contributed by atoms with Crippen molar-refractivity contribution in [1.29, 1.82) is 0 Å². The van der Waals surface area contributed by atoms with Crippen molar-refractivity contribution >= 4 is 50.2 Å². The molecule has 0 aliphatic heterocycles. The molecule has 0 fully saturated rings. The molecular weight excluding hydrogens is 421 g/mol. The number of rotatable bonds is 5. The first-order valence-electron chi connectivity index (χ1n) is 7.87. The molecule has 3 aromatic rings. The van der Waals surface area contributed by atoms with Crippen LogP contribution in [-0.4, -0.2) is 21.2 Å². The molecule has 1 amide bonds. The van der Waals surface area contributed by atoms with Gasteiger partial charge in [-0.25, -0.2) is 9.37 Å². The van der Waals surface area contributed by atoms with Crippen molar-refractivity contribution in [2.45, 2.75) is 18.6 Å². The van der Waals surface area contributed by atoms with Gasteiger partial charge in [0.05, 0.1) is 22.3 Å². The SMILES string of the molecule is CCn1c(SCC(=O)Nc2ccccc2F)nc2ccc(Br)cc2c1=O. The largest absolute Gasteiger partial charge is 0.323 e. The zero-order valence-corrected chi connectivity index (χ0v) is 16.2. The van der Waals surface area contributed by atoms with Crippen LogP contribution >= 0.6 is 27.7 Å². The minimum Gasteiger partial charge on any atom is -0.323 e. The van der Waals surface area contributed by atoms with Crippen molar-refractivity contribution in [3.63, 3.8) is 0 Å². The molecule has 0 saturated carbocycles. The second kappa shape index (κ2) is 8.01. The number of benzene rings is 2. The number of thioether (sulfide) groups is 1. The minimum atomic E-state index is -0.495. The quantitative estimate of drug-likeness (QED) is 0.484. The molecule has 0 bridgehead atoms. The van der Waals surface area contributed by atoms with E-state index in [1.165, 1.54) is 16.7 Å². The molecule has 0 unspecified atom stereocenters. The van der Waals surface area contributed by atoms with Gasteiger partial charge in [0.15, 0.2) is 5.16 Å². The Morgan fingerprint density at radius 1 is 1.31 bits per heavy atom. The van der Waals surface area contributed by atoms with Crippen molar-refractivity contribution in [2.24, 2.45) is 0 Å². The first kappa shape index (κ1) is 18.6. The van der Waals surface area contributed by atoms with Crippen LogP contribution in [0.25, 0.3) is 10.9 Å². The summed E-state index contributed by atoms with van der Waals surface area (Å²) in [5, 5.41) is 3.49. The predicted molar refractivity (Wildman–Crippen MR) is 105 cm³/mol. The third-order valence-electron chi connectivity index (χ3n) is 3.68. The Morgan fingerprint density at radius 3 is 2.81 bits per heavy atom.